The van der Waals surface area contributed by atoms with Gasteiger partial charge < -0.3 is 0 Å². The molecule has 0 aliphatic carbocycles. The fraction of sp³-hybridized carbons (Fsp3) is 0.182. The van der Waals surface area contributed by atoms with Gasteiger partial charge in [0, 0.05) is 9.86 Å². The Hall–Kier alpha value is -0.310. The Balaban J connectivity index is 2.86. The van der Waals surface area contributed by atoms with E-state index in [0.29, 0.717) is 10.2 Å². The quantitative estimate of drug-likeness (QED) is 0.685. The molecule has 0 saturated carbocycles. The van der Waals surface area contributed by atoms with Crippen molar-refractivity contribution in [2.45, 2.75) is 13.3 Å². The monoisotopic (exact) mass is 303 g/mol. The molecule has 0 atom stereocenters. The lowest BCUT2D eigenvalue weighted by Crippen LogP contribution is -1.89. The van der Waals surface area contributed by atoms with Crippen molar-refractivity contribution in [3.63, 3.8) is 0 Å². The van der Waals surface area contributed by atoms with Gasteiger partial charge in [0.2, 0.25) is 0 Å². The molecule has 4 heteroatoms. The van der Waals surface area contributed by atoms with Crippen LogP contribution in [0.1, 0.15) is 12.5 Å². The highest BCUT2D eigenvalue weighted by Gasteiger charge is 2.08. The summed E-state index contributed by atoms with van der Waals surface area (Å²) in [5.74, 6) is 0. The Morgan fingerprint density at radius 3 is 2.73 bits per heavy atom. The lowest BCUT2D eigenvalue weighted by molar-refractivity contribution is 1.12. The van der Waals surface area contributed by atoms with E-state index >= 15 is 0 Å². The maximum Gasteiger partial charge on any atom is 0.133 e. The molecule has 0 bridgehead atoms. The van der Waals surface area contributed by atoms with Gasteiger partial charge in [-0.05, 0) is 30.2 Å². The van der Waals surface area contributed by atoms with Crippen LogP contribution in [0, 0.1) is 0 Å². The summed E-state index contributed by atoms with van der Waals surface area (Å²) in [4.78, 5) is 4.31. The zero-order valence-electron chi connectivity index (χ0n) is 8.02. The average Bonchev–Trinajstić information content (AvgIpc) is 2.23. The van der Waals surface area contributed by atoms with Crippen molar-refractivity contribution in [3.05, 3.63) is 38.4 Å². The molecule has 0 aliphatic heterocycles. The van der Waals surface area contributed by atoms with E-state index in [1.807, 2.05) is 25.1 Å². The van der Waals surface area contributed by atoms with Gasteiger partial charge in [-0.2, -0.15) is 0 Å². The summed E-state index contributed by atoms with van der Waals surface area (Å²) in [6.07, 6.45) is 0.862. The van der Waals surface area contributed by atoms with Crippen LogP contribution < -0.4 is 0 Å². The number of pyridine rings is 1. The van der Waals surface area contributed by atoms with E-state index < -0.39 is 0 Å². The Morgan fingerprint density at radius 2 is 2.07 bits per heavy atom. The Morgan fingerprint density at radius 1 is 1.33 bits per heavy atom. The summed E-state index contributed by atoms with van der Waals surface area (Å²) in [6.45, 7) is 2.05. The third-order valence-electron chi connectivity index (χ3n) is 2.29. The number of nitrogens with zero attached hydrogens (tertiary/aromatic N) is 1. The minimum Gasteiger partial charge on any atom is -0.234 e. The van der Waals surface area contributed by atoms with Crippen molar-refractivity contribution in [1.29, 1.82) is 0 Å². The van der Waals surface area contributed by atoms with Gasteiger partial charge in [0.15, 0.2) is 0 Å². The first-order valence-corrected chi connectivity index (χ1v) is 6.11. The first-order valence-electron chi connectivity index (χ1n) is 4.56. The molecule has 1 aromatic heterocycles. The highest BCUT2D eigenvalue weighted by molar-refractivity contribution is 9.10. The van der Waals surface area contributed by atoms with E-state index in [2.05, 4.69) is 20.9 Å². The van der Waals surface area contributed by atoms with E-state index in [1.165, 1.54) is 0 Å². The molecule has 0 aliphatic rings. The van der Waals surface area contributed by atoms with Crippen LogP contribution >= 0.6 is 39.1 Å². The molecule has 0 saturated heterocycles. The first kappa shape index (κ1) is 11.2. The summed E-state index contributed by atoms with van der Waals surface area (Å²) in [7, 11) is 0. The summed E-state index contributed by atoms with van der Waals surface area (Å²) >= 11 is 15.6. The molecule has 1 heterocycles. The molecule has 1 nitrogen and oxygen atoms in total. The van der Waals surface area contributed by atoms with Gasteiger partial charge in [-0.15, -0.1) is 0 Å². The number of halogens is 3. The van der Waals surface area contributed by atoms with Gasteiger partial charge in [-0.25, -0.2) is 4.98 Å². The summed E-state index contributed by atoms with van der Waals surface area (Å²) in [5, 5.41) is 2.16. The molecular weight excluding hydrogens is 297 g/mol. The number of aryl methyl sites for hydroxylation is 1. The van der Waals surface area contributed by atoms with Crippen LogP contribution in [0.2, 0.25) is 10.2 Å². The average molecular weight is 305 g/mol. The van der Waals surface area contributed by atoms with Crippen LogP contribution in [-0.4, -0.2) is 4.98 Å². The van der Waals surface area contributed by atoms with Gasteiger partial charge >= 0.3 is 0 Å². The van der Waals surface area contributed by atoms with Crippen molar-refractivity contribution >= 4 is 50.0 Å². The standard InChI is InChI=1S/C11H8BrCl2N/c1-2-6-5-7-8(12)3-4-9(13)10(7)15-11(6)14/h3-5H,2H2,1H3. The zero-order chi connectivity index (χ0) is 11.0. The molecule has 0 N–H and O–H groups in total. The summed E-state index contributed by atoms with van der Waals surface area (Å²) in [6, 6.07) is 5.75. The van der Waals surface area contributed by atoms with Crippen LogP contribution in [0.15, 0.2) is 22.7 Å². The summed E-state index contributed by atoms with van der Waals surface area (Å²) in [5.41, 5.74) is 1.78. The van der Waals surface area contributed by atoms with E-state index in [1.54, 1.807) is 0 Å². The Kier molecular flexibility index (Phi) is 3.19. The number of benzene rings is 1. The van der Waals surface area contributed by atoms with E-state index in [9.17, 15) is 0 Å². The van der Waals surface area contributed by atoms with Crippen LogP contribution in [0.3, 0.4) is 0 Å². The van der Waals surface area contributed by atoms with Crippen LogP contribution in [0.4, 0.5) is 0 Å². The molecule has 0 unspecified atom stereocenters. The normalized spacial score (nSPS) is 10.9. The molecular formula is C11H8BrCl2N. The van der Waals surface area contributed by atoms with Gasteiger partial charge in [0.05, 0.1) is 10.5 Å². The molecule has 1 aromatic carbocycles. The molecule has 78 valence electrons. The Labute approximate surface area is 107 Å². The smallest absolute Gasteiger partial charge is 0.133 e. The van der Waals surface area contributed by atoms with Crippen molar-refractivity contribution in [1.82, 2.24) is 4.98 Å². The van der Waals surface area contributed by atoms with E-state index in [4.69, 9.17) is 23.2 Å². The Bertz CT molecular complexity index is 525. The predicted molar refractivity (Wildman–Crippen MR) is 68.8 cm³/mol. The molecule has 0 radical (unpaired) electrons. The van der Waals surface area contributed by atoms with Crippen LogP contribution in [-0.2, 0) is 6.42 Å². The molecule has 15 heavy (non-hydrogen) atoms. The van der Waals surface area contributed by atoms with Crippen molar-refractivity contribution < 1.29 is 0 Å². The van der Waals surface area contributed by atoms with Crippen molar-refractivity contribution in [2.24, 2.45) is 0 Å². The molecule has 0 amide bonds. The molecule has 0 spiro atoms. The lowest BCUT2D eigenvalue weighted by Gasteiger charge is -2.06. The van der Waals surface area contributed by atoms with Gasteiger partial charge in [-0.1, -0.05) is 46.1 Å². The fourth-order valence-electron chi connectivity index (χ4n) is 1.46. The third-order valence-corrected chi connectivity index (χ3v) is 3.61. The number of aromatic nitrogens is 1. The molecule has 2 rings (SSSR count). The van der Waals surface area contributed by atoms with Crippen LogP contribution in [0.5, 0.6) is 0 Å². The highest BCUT2D eigenvalue weighted by atomic mass is 79.9. The second-order valence-corrected chi connectivity index (χ2v) is 4.84. The molecule has 2 aromatic rings. The minimum absolute atomic E-state index is 0.532. The van der Waals surface area contributed by atoms with Crippen molar-refractivity contribution in [2.75, 3.05) is 0 Å². The zero-order valence-corrected chi connectivity index (χ0v) is 11.1. The number of hydrogen-bond donors (Lipinski definition) is 0. The summed E-state index contributed by atoms with van der Waals surface area (Å²) < 4.78 is 0.987. The SMILES string of the molecule is CCc1cc2c(Br)ccc(Cl)c2nc1Cl. The largest absolute Gasteiger partial charge is 0.234 e. The number of rotatable bonds is 1. The number of hydrogen-bond acceptors (Lipinski definition) is 1. The predicted octanol–water partition coefficient (Wildman–Crippen LogP) is 4.87. The van der Waals surface area contributed by atoms with Gasteiger partial charge in [0.25, 0.3) is 0 Å². The second-order valence-electron chi connectivity index (χ2n) is 3.22. The minimum atomic E-state index is 0.532. The van der Waals surface area contributed by atoms with E-state index in [-0.39, 0.29) is 0 Å². The third kappa shape index (κ3) is 1.99. The maximum absolute atomic E-state index is 6.05. The number of fused-ring (bicyclic) bond motifs is 1. The highest BCUT2D eigenvalue weighted by Crippen LogP contribution is 2.31. The topological polar surface area (TPSA) is 12.9 Å². The fourth-order valence-corrected chi connectivity index (χ4v) is 2.37. The lowest BCUT2D eigenvalue weighted by atomic mass is 10.1. The van der Waals surface area contributed by atoms with Crippen molar-refractivity contribution in [3.8, 4) is 0 Å². The van der Waals surface area contributed by atoms with Gasteiger partial charge in [-0.3, -0.25) is 0 Å². The first-order chi connectivity index (χ1) is 7.13. The maximum atomic E-state index is 6.05. The molecule has 0 fully saturated rings. The van der Waals surface area contributed by atoms with E-state index in [0.717, 1.165) is 27.4 Å². The van der Waals surface area contributed by atoms with Gasteiger partial charge in [0.1, 0.15) is 5.15 Å². The second kappa shape index (κ2) is 4.28. The van der Waals surface area contributed by atoms with Crippen LogP contribution in [0.25, 0.3) is 10.9 Å².